The summed E-state index contributed by atoms with van der Waals surface area (Å²) in [5.41, 5.74) is 1.75. The Bertz CT molecular complexity index is 423. The van der Waals surface area contributed by atoms with Crippen LogP contribution in [0.25, 0.3) is 0 Å². The van der Waals surface area contributed by atoms with Gasteiger partial charge < -0.3 is 4.74 Å². The molecule has 0 aliphatic heterocycles. The molecule has 0 radical (unpaired) electrons. The molecule has 1 saturated carbocycles. The highest BCUT2D eigenvalue weighted by Crippen LogP contribution is 2.32. The molecule has 0 saturated heterocycles. The van der Waals surface area contributed by atoms with Gasteiger partial charge in [-0.25, -0.2) is 9.97 Å². The van der Waals surface area contributed by atoms with E-state index in [2.05, 4.69) is 16.9 Å². The molecule has 0 spiro atoms. The summed E-state index contributed by atoms with van der Waals surface area (Å²) in [6, 6.07) is 0. The zero-order valence-corrected chi connectivity index (χ0v) is 12.1. The van der Waals surface area contributed by atoms with E-state index in [0.29, 0.717) is 17.0 Å². The Morgan fingerprint density at radius 2 is 1.83 bits per heavy atom. The standard InChI is InChI=1S/C14H21ClN2O/c1-4-11-7-5-6-8-12(11)18-14-13(15)16-9(2)10(3)17-14/h11-12H,4-8H2,1-3H3. The van der Waals surface area contributed by atoms with Crippen LogP contribution in [0.4, 0.5) is 0 Å². The van der Waals surface area contributed by atoms with Crippen molar-refractivity contribution in [2.24, 2.45) is 5.92 Å². The van der Waals surface area contributed by atoms with Crippen molar-refractivity contribution < 1.29 is 4.74 Å². The average Bonchev–Trinajstić information content (AvgIpc) is 2.36. The smallest absolute Gasteiger partial charge is 0.252 e. The van der Waals surface area contributed by atoms with Crippen LogP contribution in [0, 0.1) is 19.8 Å². The maximum atomic E-state index is 6.11. The monoisotopic (exact) mass is 268 g/mol. The van der Waals surface area contributed by atoms with E-state index in [4.69, 9.17) is 16.3 Å². The van der Waals surface area contributed by atoms with Gasteiger partial charge in [0.1, 0.15) is 6.10 Å². The second-order valence-electron chi connectivity index (χ2n) is 5.10. The summed E-state index contributed by atoms with van der Waals surface area (Å²) in [5.74, 6) is 1.13. The quantitative estimate of drug-likeness (QED) is 0.828. The Labute approximate surface area is 114 Å². The van der Waals surface area contributed by atoms with Crippen molar-refractivity contribution in [1.82, 2.24) is 9.97 Å². The second kappa shape index (κ2) is 5.87. The lowest BCUT2D eigenvalue weighted by molar-refractivity contribution is 0.0853. The summed E-state index contributed by atoms with van der Waals surface area (Å²) in [4.78, 5) is 8.69. The molecule has 2 unspecified atom stereocenters. The molecular weight excluding hydrogens is 248 g/mol. The van der Waals surface area contributed by atoms with E-state index in [0.717, 1.165) is 24.2 Å². The highest BCUT2D eigenvalue weighted by molar-refractivity contribution is 6.30. The average molecular weight is 269 g/mol. The van der Waals surface area contributed by atoms with Crippen LogP contribution in [0.2, 0.25) is 5.15 Å². The molecule has 0 amide bonds. The minimum absolute atomic E-state index is 0.248. The summed E-state index contributed by atoms with van der Waals surface area (Å²) in [6.07, 6.45) is 6.29. The number of ether oxygens (including phenoxy) is 1. The van der Waals surface area contributed by atoms with E-state index >= 15 is 0 Å². The Hall–Kier alpha value is -0.830. The van der Waals surface area contributed by atoms with Gasteiger partial charge in [0.2, 0.25) is 0 Å². The van der Waals surface area contributed by atoms with Gasteiger partial charge in [0.25, 0.3) is 5.88 Å². The van der Waals surface area contributed by atoms with Gasteiger partial charge in [-0.05, 0) is 45.4 Å². The third-order valence-electron chi connectivity index (χ3n) is 3.86. The van der Waals surface area contributed by atoms with Crippen LogP contribution < -0.4 is 4.74 Å². The summed E-state index contributed by atoms with van der Waals surface area (Å²) < 4.78 is 6.02. The second-order valence-corrected chi connectivity index (χ2v) is 5.46. The van der Waals surface area contributed by atoms with E-state index < -0.39 is 0 Å². The van der Waals surface area contributed by atoms with Gasteiger partial charge in [-0.3, -0.25) is 0 Å². The number of hydrogen-bond donors (Lipinski definition) is 0. The summed E-state index contributed by atoms with van der Waals surface area (Å²) >= 11 is 6.11. The van der Waals surface area contributed by atoms with Crippen LogP contribution in [0.3, 0.4) is 0 Å². The fourth-order valence-electron chi connectivity index (χ4n) is 2.57. The van der Waals surface area contributed by atoms with Crippen LogP contribution in [-0.4, -0.2) is 16.1 Å². The Morgan fingerprint density at radius 1 is 1.17 bits per heavy atom. The molecule has 1 aliphatic carbocycles. The topological polar surface area (TPSA) is 35.0 Å². The predicted molar refractivity (Wildman–Crippen MR) is 73.2 cm³/mol. The minimum atomic E-state index is 0.248. The highest BCUT2D eigenvalue weighted by atomic mass is 35.5. The molecule has 2 atom stereocenters. The molecule has 1 fully saturated rings. The van der Waals surface area contributed by atoms with Gasteiger partial charge in [0.15, 0.2) is 5.15 Å². The maximum Gasteiger partial charge on any atom is 0.252 e. The van der Waals surface area contributed by atoms with E-state index in [-0.39, 0.29) is 6.10 Å². The van der Waals surface area contributed by atoms with Gasteiger partial charge in [0.05, 0.1) is 11.4 Å². The van der Waals surface area contributed by atoms with Crippen molar-refractivity contribution in [2.45, 2.75) is 59.0 Å². The number of aromatic nitrogens is 2. The summed E-state index contributed by atoms with van der Waals surface area (Å²) in [6.45, 7) is 6.07. The van der Waals surface area contributed by atoms with Crippen LogP contribution in [0.5, 0.6) is 5.88 Å². The first-order valence-corrected chi connectivity index (χ1v) is 7.17. The van der Waals surface area contributed by atoms with Crippen LogP contribution in [0.1, 0.15) is 50.4 Å². The number of rotatable bonds is 3. The predicted octanol–water partition coefficient (Wildman–Crippen LogP) is 4.09. The molecule has 0 bridgehead atoms. The molecule has 1 aromatic rings. The number of hydrogen-bond acceptors (Lipinski definition) is 3. The van der Waals surface area contributed by atoms with Crippen LogP contribution >= 0.6 is 11.6 Å². The van der Waals surface area contributed by atoms with E-state index in [9.17, 15) is 0 Å². The van der Waals surface area contributed by atoms with Crippen molar-refractivity contribution in [3.63, 3.8) is 0 Å². The van der Waals surface area contributed by atoms with E-state index in [1.165, 1.54) is 19.3 Å². The van der Waals surface area contributed by atoms with Gasteiger partial charge in [-0.2, -0.15) is 0 Å². The highest BCUT2D eigenvalue weighted by Gasteiger charge is 2.26. The van der Waals surface area contributed by atoms with Crippen molar-refractivity contribution in [3.8, 4) is 5.88 Å². The van der Waals surface area contributed by atoms with Crippen LogP contribution in [-0.2, 0) is 0 Å². The first-order valence-electron chi connectivity index (χ1n) is 6.79. The van der Waals surface area contributed by atoms with E-state index in [1.54, 1.807) is 0 Å². The zero-order valence-electron chi connectivity index (χ0n) is 11.4. The summed E-state index contributed by atoms with van der Waals surface area (Å²) in [5, 5.41) is 0.388. The number of halogens is 1. The SMILES string of the molecule is CCC1CCCCC1Oc1nc(C)c(C)nc1Cl. The molecule has 3 nitrogen and oxygen atoms in total. The fraction of sp³-hybridized carbons (Fsp3) is 0.714. The molecular formula is C14H21ClN2O. The Morgan fingerprint density at radius 3 is 2.56 bits per heavy atom. The van der Waals surface area contributed by atoms with Crippen molar-refractivity contribution >= 4 is 11.6 Å². The molecule has 0 aromatic carbocycles. The molecule has 1 aliphatic rings. The van der Waals surface area contributed by atoms with Crippen molar-refractivity contribution in [3.05, 3.63) is 16.5 Å². The molecule has 1 heterocycles. The normalized spacial score (nSPS) is 24.0. The number of aryl methyl sites for hydroxylation is 2. The molecule has 4 heteroatoms. The lowest BCUT2D eigenvalue weighted by Gasteiger charge is -2.30. The Balaban J connectivity index is 2.15. The number of nitrogens with zero attached hydrogens (tertiary/aromatic N) is 2. The third-order valence-corrected chi connectivity index (χ3v) is 4.11. The van der Waals surface area contributed by atoms with Crippen molar-refractivity contribution in [1.29, 1.82) is 0 Å². The molecule has 0 N–H and O–H groups in total. The van der Waals surface area contributed by atoms with E-state index in [1.807, 2.05) is 13.8 Å². The minimum Gasteiger partial charge on any atom is -0.472 e. The van der Waals surface area contributed by atoms with Gasteiger partial charge >= 0.3 is 0 Å². The molecule has 2 rings (SSSR count). The lowest BCUT2D eigenvalue weighted by atomic mass is 9.85. The summed E-state index contributed by atoms with van der Waals surface area (Å²) in [7, 11) is 0. The van der Waals surface area contributed by atoms with Gasteiger partial charge in [0, 0.05) is 0 Å². The Kier molecular flexibility index (Phi) is 4.44. The lowest BCUT2D eigenvalue weighted by Crippen LogP contribution is -2.30. The maximum absolute atomic E-state index is 6.11. The van der Waals surface area contributed by atoms with Crippen molar-refractivity contribution in [2.75, 3.05) is 0 Å². The third kappa shape index (κ3) is 2.94. The zero-order chi connectivity index (χ0) is 13.1. The first kappa shape index (κ1) is 13.6. The largest absolute Gasteiger partial charge is 0.472 e. The molecule has 18 heavy (non-hydrogen) atoms. The first-order chi connectivity index (χ1) is 8.61. The van der Waals surface area contributed by atoms with Gasteiger partial charge in [-0.15, -0.1) is 0 Å². The van der Waals surface area contributed by atoms with Gasteiger partial charge in [-0.1, -0.05) is 24.9 Å². The molecule has 1 aromatic heterocycles. The van der Waals surface area contributed by atoms with Crippen LogP contribution in [0.15, 0.2) is 0 Å². The fourth-order valence-corrected chi connectivity index (χ4v) is 2.78. The molecule has 100 valence electrons.